The molecule has 2 aromatic rings. The minimum Gasteiger partial charge on any atom is -0.391 e. The highest BCUT2D eigenvalue weighted by Crippen LogP contribution is 2.28. The third-order valence-corrected chi connectivity index (χ3v) is 4.31. The van der Waals surface area contributed by atoms with Crippen molar-refractivity contribution in [3.05, 3.63) is 46.0 Å². The maximum atomic E-state index is 5.46. The normalized spacial score (nSPS) is 15.0. The highest BCUT2D eigenvalue weighted by Gasteiger charge is 2.18. The average molecular weight is 363 g/mol. The molecule has 0 atom stereocenters. The molecule has 116 valence electrons. The van der Waals surface area contributed by atoms with Crippen LogP contribution >= 0.6 is 15.9 Å². The topological polar surface area (TPSA) is 52.3 Å². The SMILES string of the molecule is CC(C)O/N=C(\c1cc2c(cc1Br)CCCC2)n1cncn1. The Morgan fingerprint density at radius 2 is 2.00 bits per heavy atom. The highest BCUT2D eigenvalue weighted by molar-refractivity contribution is 9.10. The summed E-state index contributed by atoms with van der Waals surface area (Å²) in [4.78, 5) is 9.47. The molecule has 0 spiro atoms. The first-order chi connectivity index (χ1) is 10.6. The van der Waals surface area contributed by atoms with Crippen LogP contribution in [-0.2, 0) is 17.7 Å². The van der Waals surface area contributed by atoms with Crippen LogP contribution in [0, 0.1) is 0 Å². The van der Waals surface area contributed by atoms with Crippen molar-refractivity contribution in [1.82, 2.24) is 14.8 Å². The van der Waals surface area contributed by atoms with E-state index < -0.39 is 0 Å². The highest BCUT2D eigenvalue weighted by atomic mass is 79.9. The lowest BCUT2D eigenvalue weighted by Crippen LogP contribution is -2.18. The van der Waals surface area contributed by atoms with E-state index >= 15 is 0 Å². The summed E-state index contributed by atoms with van der Waals surface area (Å²) in [7, 11) is 0. The summed E-state index contributed by atoms with van der Waals surface area (Å²) in [6, 6.07) is 4.40. The third-order valence-electron chi connectivity index (χ3n) is 3.66. The number of halogens is 1. The molecule has 0 saturated heterocycles. The molecule has 1 aromatic heterocycles. The number of fused-ring (bicyclic) bond motifs is 1. The van der Waals surface area contributed by atoms with Gasteiger partial charge < -0.3 is 4.84 Å². The van der Waals surface area contributed by atoms with Gasteiger partial charge in [0.1, 0.15) is 18.8 Å². The van der Waals surface area contributed by atoms with Gasteiger partial charge in [-0.25, -0.2) is 4.98 Å². The van der Waals surface area contributed by atoms with Gasteiger partial charge in [-0.05, 0) is 62.8 Å². The molecule has 1 aliphatic rings. The first-order valence-electron chi connectivity index (χ1n) is 7.55. The zero-order valence-electron chi connectivity index (χ0n) is 12.8. The summed E-state index contributed by atoms with van der Waals surface area (Å²) in [5.74, 6) is 0.645. The molecule has 1 heterocycles. The fourth-order valence-electron chi connectivity index (χ4n) is 2.61. The van der Waals surface area contributed by atoms with Crippen LogP contribution in [0.2, 0.25) is 0 Å². The first kappa shape index (κ1) is 15.2. The Hall–Kier alpha value is -1.69. The molecule has 1 aromatic carbocycles. The van der Waals surface area contributed by atoms with E-state index in [1.807, 2.05) is 13.8 Å². The summed E-state index contributed by atoms with van der Waals surface area (Å²) in [6.07, 6.45) is 7.91. The number of rotatable bonds is 3. The largest absolute Gasteiger partial charge is 0.391 e. The molecule has 0 radical (unpaired) electrons. The minimum atomic E-state index is 0.00919. The summed E-state index contributed by atoms with van der Waals surface area (Å²) in [5.41, 5.74) is 3.79. The molecular weight excluding hydrogens is 344 g/mol. The minimum absolute atomic E-state index is 0.00919. The van der Waals surface area contributed by atoms with E-state index in [2.05, 4.69) is 43.3 Å². The zero-order chi connectivity index (χ0) is 15.5. The second-order valence-corrected chi connectivity index (χ2v) is 6.57. The smallest absolute Gasteiger partial charge is 0.202 e. The molecule has 0 bridgehead atoms. The molecule has 0 aliphatic heterocycles. The van der Waals surface area contributed by atoms with Gasteiger partial charge in [-0.15, -0.1) is 0 Å². The fraction of sp³-hybridized carbons (Fsp3) is 0.438. The van der Waals surface area contributed by atoms with Gasteiger partial charge in [0, 0.05) is 10.0 Å². The Balaban J connectivity index is 2.06. The van der Waals surface area contributed by atoms with Crippen LogP contribution in [0.4, 0.5) is 0 Å². The van der Waals surface area contributed by atoms with Crippen LogP contribution < -0.4 is 0 Å². The Morgan fingerprint density at radius 3 is 2.64 bits per heavy atom. The van der Waals surface area contributed by atoms with Crippen molar-refractivity contribution in [1.29, 1.82) is 0 Å². The molecule has 6 heteroatoms. The maximum absolute atomic E-state index is 5.46. The molecule has 0 saturated carbocycles. The van der Waals surface area contributed by atoms with Crippen LogP contribution in [0.5, 0.6) is 0 Å². The van der Waals surface area contributed by atoms with E-state index in [4.69, 9.17) is 4.84 Å². The quantitative estimate of drug-likeness (QED) is 0.476. The van der Waals surface area contributed by atoms with Crippen LogP contribution in [0.15, 0.2) is 34.4 Å². The van der Waals surface area contributed by atoms with Gasteiger partial charge in [-0.2, -0.15) is 9.78 Å². The second kappa shape index (κ2) is 6.60. The first-order valence-corrected chi connectivity index (χ1v) is 8.35. The summed E-state index contributed by atoms with van der Waals surface area (Å²) in [5, 5.41) is 8.49. The number of hydrogen-bond donors (Lipinski definition) is 0. The van der Waals surface area contributed by atoms with Crippen molar-refractivity contribution >= 4 is 21.8 Å². The number of nitrogens with zero attached hydrogens (tertiary/aromatic N) is 4. The summed E-state index contributed by atoms with van der Waals surface area (Å²) < 4.78 is 2.65. The second-order valence-electron chi connectivity index (χ2n) is 5.72. The Bertz CT molecular complexity index is 680. The van der Waals surface area contributed by atoms with E-state index in [1.54, 1.807) is 11.0 Å². The molecule has 0 fully saturated rings. The van der Waals surface area contributed by atoms with E-state index in [-0.39, 0.29) is 6.10 Å². The van der Waals surface area contributed by atoms with Gasteiger partial charge in [0.25, 0.3) is 0 Å². The zero-order valence-corrected chi connectivity index (χ0v) is 14.4. The number of benzene rings is 1. The lowest BCUT2D eigenvalue weighted by molar-refractivity contribution is 0.0851. The van der Waals surface area contributed by atoms with Gasteiger partial charge in [-0.3, -0.25) is 0 Å². The van der Waals surface area contributed by atoms with Crippen molar-refractivity contribution in [2.75, 3.05) is 0 Å². The van der Waals surface area contributed by atoms with Crippen LogP contribution in [0.25, 0.3) is 0 Å². The van der Waals surface area contributed by atoms with Gasteiger partial charge in [-0.1, -0.05) is 21.1 Å². The van der Waals surface area contributed by atoms with Crippen molar-refractivity contribution in [2.24, 2.45) is 5.16 Å². The van der Waals surface area contributed by atoms with Crippen LogP contribution in [-0.4, -0.2) is 26.7 Å². The van der Waals surface area contributed by atoms with Crippen molar-refractivity contribution in [3.8, 4) is 0 Å². The molecule has 22 heavy (non-hydrogen) atoms. The van der Waals surface area contributed by atoms with Crippen LogP contribution in [0.3, 0.4) is 0 Å². The lowest BCUT2D eigenvalue weighted by Gasteiger charge is -2.18. The van der Waals surface area contributed by atoms with Gasteiger partial charge in [0.2, 0.25) is 5.84 Å². The third kappa shape index (κ3) is 3.21. The average Bonchev–Trinajstić information content (AvgIpc) is 3.01. The molecule has 0 amide bonds. The standard InChI is InChI=1S/C16H19BrN4O/c1-11(2)22-20-16(21-10-18-9-19-21)14-7-12-5-3-4-6-13(12)8-15(14)17/h7-11H,3-6H2,1-2H3/b20-16+. The predicted octanol–water partition coefficient (Wildman–Crippen LogP) is 3.55. The van der Waals surface area contributed by atoms with Gasteiger partial charge in [0.15, 0.2) is 0 Å². The molecule has 0 N–H and O–H groups in total. The van der Waals surface area contributed by atoms with E-state index in [0.29, 0.717) is 5.84 Å². The molecule has 5 nitrogen and oxygen atoms in total. The lowest BCUT2D eigenvalue weighted by atomic mass is 9.90. The molecule has 0 unspecified atom stereocenters. The van der Waals surface area contributed by atoms with Crippen LogP contribution in [0.1, 0.15) is 43.4 Å². The van der Waals surface area contributed by atoms with E-state index in [1.165, 1.54) is 30.3 Å². The molecule has 3 rings (SSSR count). The van der Waals surface area contributed by atoms with Gasteiger partial charge in [0.05, 0.1) is 0 Å². The number of aromatic nitrogens is 3. The maximum Gasteiger partial charge on any atom is 0.202 e. The Kier molecular flexibility index (Phi) is 4.57. The van der Waals surface area contributed by atoms with Crippen molar-refractivity contribution in [2.45, 2.75) is 45.6 Å². The van der Waals surface area contributed by atoms with Crippen molar-refractivity contribution < 1.29 is 4.84 Å². The number of oxime groups is 1. The molecule has 1 aliphatic carbocycles. The van der Waals surface area contributed by atoms with E-state index in [0.717, 1.165) is 22.9 Å². The number of hydrogen-bond acceptors (Lipinski definition) is 4. The Morgan fingerprint density at radius 1 is 1.27 bits per heavy atom. The monoisotopic (exact) mass is 362 g/mol. The number of aryl methyl sites for hydroxylation is 2. The fourth-order valence-corrected chi connectivity index (χ4v) is 3.18. The predicted molar refractivity (Wildman–Crippen MR) is 89.0 cm³/mol. The summed E-state index contributed by atoms with van der Waals surface area (Å²) >= 11 is 3.67. The molecular formula is C16H19BrN4O. The van der Waals surface area contributed by atoms with Gasteiger partial charge >= 0.3 is 0 Å². The van der Waals surface area contributed by atoms with Crippen molar-refractivity contribution in [3.63, 3.8) is 0 Å². The summed E-state index contributed by atoms with van der Waals surface area (Å²) in [6.45, 7) is 3.90. The van der Waals surface area contributed by atoms with E-state index in [9.17, 15) is 0 Å². The Labute approximate surface area is 138 Å².